The Labute approximate surface area is 169 Å². The standard InChI is InChI=1S/C18H25N5O3S2/c1-2-28(25,26)23-8-5-14(6-9-23)17(24)21-10-12-22(13-11-21)18-20-15-4-3-7-19-16(15)27-18/h3-4,7,14H,2,5-6,8-13H2,1H3. The molecule has 4 heterocycles. The third-order valence-corrected chi connectivity index (χ3v) is 8.50. The zero-order valence-corrected chi connectivity index (χ0v) is 17.6. The fourth-order valence-corrected chi connectivity index (χ4v) is 5.93. The molecular formula is C18H25N5O3S2. The van der Waals surface area contributed by atoms with Crippen molar-refractivity contribution in [2.45, 2.75) is 19.8 Å². The zero-order valence-electron chi connectivity index (χ0n) is 16.0. The molecule has 0 unspecified atom stereocenters. The minimum absolute atomic E-state index is 0.0680. The number of carbonyl (C=O) groups excluding carboxylic acids is 1. The van der Waals surface area contributed by atoms with Crippen molar-refractivity contribution in [3.63, 3.8) is 0 Å². The molecule has 2 fully saturated rings. The van der Waals surface area contributed by atoms with Crippen LogP contribution in [0.25, 0.3) is 10.3 Å². The number of carbonyl (C=O) groups is 1. The van der Waals surface area contributed by atoms with E-state index >= 15 is 0 Å². The van der Waals surface area contributed by atoms with E-state index in [1.807, 2.05) is 17.0 Å². The summed E-state index contributed by atoms with van der Waals surface area (Å²) >= 11 is 1.58. The quantitative estimate of drug-likeness (QED) is 0.739. The Balaban J connectivity index is 1.32. The van der Waals surface area contributed by atoms with Gasteiger partial charge in [-0.15, -0.1) is 0 Å². The van der Waals surface area contributed by atoms with Crippen LogP contribution in [0.3, 0.4) is 0 Å². The maximum absolute atomic E-state index is 12.9. The van der Waals surface area contributed by atoms with Gasteiger partial charge in [0.2, 0.25) is 15.9 Å². The highest BCUT2D eigenvalue weighted by Crippen LogP contribution is 2.28. The molecule has 2 saturated heterocycles. The first-order valence-corrected chi connectivity index (χ1v) is 12.1. The van der Waals surface area contributed by atoms with Crippen LogP contribution in [0.4, 0.5) is 5.13 Å². The average Bonchev–Trinajstić information content (AvgIpc) is 3.18. The van der Waals surface area contributed by atoms with E-state index in [0.29, 0.717) is 39.0 Å². The number of hydrogen-bond donors (Lipinski definition) is 0. The van der Waals surface area contributed by atoms with Gasteiger partial charge in [0.1, 0.15) is 10.3 Å². The lowest BCUT2D eigenvalue weighted by Crippen LogP contribution is -2.52. The highest BCUT2D eigenvalue weighted by Gasteiger charge is 2.33. The highest BCUT2D eigenvalue weighted by molar-refractivity contribution is 7.89. The molecule has 2 aliphatic rings. The molecule has 2 aromatic rings. The Morgan fingerprint density at radius 2 is 1.89 bits per heavy atom. The number of fused-ring (bicyclic) bond motifs is 1. The van der Waals surface area contributed by atoms with Gasteiger partial charge in [0.25, 0.3) is 0 Å². The monoisotopic (exact) mass is 423 g/mol. The number of aromatic nitrogens is 2. The van der Waals surface area contributed by atoms with Gasteiger partial charge in [-0.1, -0.05) is 11.3 Å². The third-order valence-electron chi connectivity index (χ3n) is 5.58. The second-order valence-electron chi connectivity index (χ2n) is 7.21. The molecule has 0 aromatic carbocycles. The van der Waals surface area contributed by atoms with Crippen LogP contribution in [0, 0.1) is 5.92 Å². The molecule has 0 aliphatic carbocycles. The maximum Gasteiger partial charge on any atom is 0.225 e. The Bertz CT molecular complexity index is 912. The van der Waals surface area contributed by atoms with Crippen molar-refractivity contribution in [2.75, 3.05) is 49.9 Å². The molecule has 152 valence electrons. The van der Waals surface area contributed by atoms with Crippen molar-refractivity contribution >= 4 is 42.7 Å². The van der Waals surface area contributed by atoms with Crippen LogP contribution in [0.15, 0.2) is 18.3 Å². The molecule has 0 N–H and O–H groups in total. The summed E-state index contributed by atoms with van der Waals surface area (Å²) in [5, 5.41) is 0.957. The van der Waals surface area contributed by atoms with Crippen molar-refractivity contribution < 1.29 is 13.2 Å². The minimum Gasteiger partial charge on any atom is -0.344 e. The van der Waals surface area contributed by atoms with Gasteiger partial charge in [0, 0.05) is 51.4 Å². The molecular weight excluding hydrogens is 398 g/mol. The Kier molecular flexibility index (Phi) is 5.52. The minimum atomic E-state index is -3.15. The number of pyridine rings is 1. The number of piperazine rings is 1. The van der Waals surface area contributed by atoms with Crippen LogP contribution in [-0.2, 0) is 14.8 Å². The molecule has 2 aliphatic heterocycles. The first kappa shape index (κ1) is 19.5. The Hall–Kier alpha value is -1.78. The van der Waals surface area contributed by atoms with E-state index in [1.165, 1.54) is 4.31 Å². The number of nitrogens with zero attached hydrogens (tertiary/aromatic N) is 5. The van der Waals surface area contributed by atoms with Crippen molar-refractivity contribution in [1.82, 2.24) is 19.2 Å². The van der Waals surface area contributed by atoms with E-state index in [4.69, 9.17) is 0 Å². The maximum atomic E-state index is 12.9. The van der Waals surface area contributed by atoms with E-state index < -0.39 is 10.0 Å². The smallest absolute Gasteiger partial charge is 0.225 e. The lowest BCUT2D eigenvalue weighted by atomic mass is 9.96. The van der Waals surface area contributed by atoms with Gasteiger partial charge in [-0.2, -0.15) is 0 Å². The lowest BCUT2D eigenvalue weighted by Gasteiger charge is -2.38. The largest absolute Gasteiger partial charge is 0.344 e. The molecule has 0 radical (unpaired) electrons. The Morgan fingerprint density at radius 3 is 2.54 bits per heavy atom. The molecule has 1 amide bonds. The molecule has 0 saturated carbocycles. The molecule has 28 heavy (non-hydrogen) atoms. The van der Waals surface area contributed by atoms with Crippen LogP contribution in [-0.4, -0.2) is 78.5 Å². The molecule has 2 aromatic heterocycles. The van der Waals surface area contributed by atoms with E-state index in [-0.39, 0.29) is 17.6 Å². The predicted molar refractivity (Wildman–Crippen MR) is 110 cm³/mol. The summed E-state index contributed by atoms with van der Waals surface area (Å²) in [6.07, 6.45) is 3.00. The fourth-order valence-electron chi connectivity index (χ4n) is 3.83. The van der Waals surface area contributed by atoms with Gasteiger partial charge in [-0.05, 0) is 31.9 Å². The second kappa shape index (κ2) is 7.92. The van der Waals surface area contributed by atoms with E-state index in [0.717, 1.165) is 28.6 Å². The number of hydrogen-bond acceptors (Lipinski definition) is 7. The second-order valence-corrected chi connectivity index (χ2v) is 10.4. The number of thiazole rings is 1. The molecule has 10 heteroatoms. The number of amides is 1. The lowest BCUT2D eigenvalue weighted by molar-refractivity contribution is -0.137. The van der Waals surface area contributed by atoms with Gasteiger partial charge in [0.15, 0.2) is 5.13 Å². The first-order valence-electron chi connectivity index (χ1n) is 9.71. The topological polar surface area (TPSA) is 86.7 Å². The van der Waals surface area contributed by atoms with Gasteiger partial charge >= 0.3 is 0 Å². The molecule has 0 spiro atoms. The van der Waals surface area contributed by atoms with E-state index in [2.05, 4.69) is 14.9 Å². The molecule has 8 nitrogen and oxygen atoms in total. The fraction of sp³-hybridized carbons (Fsp3) is 0.611. The number of anilines is 1. The third kappa shape index (κ3) is 3.85. The number of rotatable bonds is 4. The summed E-state index contributed by atoms with van der Waals surface area (Å²) in [5.41, 5.74) is 0.912. The van der Waals surface area contributed by atoms with Gasteiger partial charge < -0.3 is 9.80 Å². The van der Waals surface area contributed by atoms with E-state index in [1.54, 1.807) is 24.5 Å². The summed E-state index contributed by atoms with van der Waals surface area (Å²) in [5.74, 6) is 0.218. The van der Waals surface area contributed by atoms with Gasteiger partial charge in [-0.3, -0.25) is 4.79 Å². The summed E-state index contributed by atoms with van der Waals surface area (Å²) in [7, 11) is -3.15. The van der Waals surface area contributed by atoms with Crippen molar-refractivity contribution in [1.29, 1.82) is 0 Å². The van der Waals surface area contributed by atoms with Gasteiger partial charge in [0.05, 0.1) is 5.75 Å². The van der Waals surface area contributed by atoms with Crippen LogP contribution in [0.5, 0.6) is 0 Å². The molecule has 0 bridgehead atoms. The van der Waals surface area contributed by atoms with E-state index in [9.17, 15) is 13.2 Å². The number of piperidine rings is 1. The van der Waals surface area contributed by atoms with Crippen LogP contribution >= 0.6 is 11.3 Å². The normalized spacial score (nSPS) is 20.0. The highest BCUT2D eigenvalue weighted by atomic mass is 32.2. The van der Waals surface area contributed by atoms with Crippen LogP contribution in [0.2, 0.25) is 0 Å². The molecule has 4 rings (SSSR count). The van der Waals surface area contributed by atoms with Crippen molar-refractivity contribution in [3.05, 3.63) is 18.3 Å². The summed E-state index contributed by atoms with van der Waals surface area (Å²) < 4.78 is 25.5. The van der Waals surface area contributed by atoms with Gasteiger partial charge in [-0.25, -0.2) is 22.7 Å². The van der Waals surface area contributed by atoms with Crippen LogP contribution in [0.1, 0.15) is 19.8 Å². The Morgan fingerprint density at radius 1 is 1.18 bits per heavy atom. The summed E-state index contributed by atoms with van der Waals surface area (Å²) in [6.45, 7) is 5.43. The van der Waals surface area contributed by atoms with Crippen molar-refractivity contribution in [3.8, 4) is 0 Å². The predicted octanol–water partition coefficient (Wildman–Crippen LogP) is 1.40. The zero-order chi connectivity index (χ0) is 19.7. The summed E-state index contributed by atoms with van der Waals surface area (Å²) in [6, 6.07) is 3.85. The summed E-state index contributed by atoms with van der Waals surface area (Å²) in [4.78, 5) is 27.0. The SMILES string of the molecule is CCS(=O)(=O)N1CCC(C(=O)N2CCN(c3nc4cccnc4s3)CC2)CC1. The first-order chi connectivity index (χ1) is 13.5. The van der Waals surface area contributed by atoms with Crippen LogP contribution < -0.4 is 4.90 Å². The van der Waals surface area contributed by atoms with Crippen molar-refractivity contribution in [2.24, 2.45) is 5.92 Å². The molecule has 0 atom stereocenters. The average molecular weight is 424 g/mol. The number of sulfonamides is 1.